The van der Waals surface area contributed by atoms with Crippen LogP contribution >= 0.6 is 0 Å². The summed E-state index contributed by atoms with van der Waals surface area (Å²) in [5.74, 6) is -5.23. The number of hydrogen-bond donors (Lipinski definition) is 1. The number of nitro groups is 1. The van der Waals surface area contributed by atoms with Crippen LogP contribution in [0.4, 0.5) is 33.3 Å². The van der Waals surface area contributed by atoms with Crippen LogP contribution < -0.4 is 5.73 Å². The number of non-ortho nitro benzene ring substituents is 1. The number of hydrogen-bond acceptors (Lipinski definition) is 3. The molecular weight excluding hydrogens is 251 g/mol. The molecule has 1 aromatic carbocycles. The maximum atomic E-state index is 12.9. The lowest BCUT2D eigenvalue weighted by Gasteiger charge is -2.20. The van der Waals surface area contributed by atoms with E-state index in [1.165, 1.54) is 0 Å². The summed E-state index contributed by atoms with van der Waals surface area (Å²) in [5.41, 5.74) is 1.59. The van der Waals surface area contributed by atoms with E-state index in [4.69, 9.17) is 5.73 Å². The first kappa shape index (κ1) is 13.1. The number of alkyl halides is 5. The SMILES string of the molecule is Nc1ccc([N+](=O)[O-])cc1C(F)(F)C(F)(F)F. The third-order valence-corrected chi connectivity index (χ3v) is 1.94. The van der Waals surface area contributed by atoms with Gasteiger partial charge in [-0.3, -0.25) is 10.1 Å². The standard InChI is InChI=1S/C8H5F5N2O2/c9-7(10,8(11,12)13)5-3-4(15(16)17)1-2-6(5)14/h1-3H,14H2. The molecule has 17 heavy (non-hydrogen) atoms. The summed E-state index contributed by atoms with van der Waals surface area (Å²) in [6.07, 6.45) is -5.86. The van der Waals surface area contributed by atoms with E-state index in [1.54, 1.807) is 0 Å². The molecule has 4 nitrogen and oxygen atoms in total. The van der Waals surface area contributed by atoms with Gasteiger partial charge < -0.3 is 5.73 Å². The summed E-state index contributed by atoms with van der Waals surface area (Å²) in [6.45, 7) is 0. The smallest absolute Gasteiger partial charge is 0.398 e. The highest BCUT2D eigenvalue weighted by Crippen LogP contribution is 2.46. The molecule has 1 rings (SSSR count). The molecule has 0 saturated heterocycles. The molecule has 2 N–H and O–H groups in total. The van der Waals surface area contributed by atoms with Crippen molar-refractivity contribution in [3.05, 3.63) is 33.9 Å². The molecule has 0 amide bonds. The van der Waals surface area contributed by atoms with Gasteiger partial charge >= 0.3 is 12.1 Å². The van der Waals surface area contributed by atoms with Crippen LogP contribution in [0.15, 0.2) is 18.2 Å². The minimum Gasteiger partial charge on any atom is -0.398 e. The Morgan fingerprint density at radius 2 is 1.71 bits per heavy atom. The molecule has 0 radical (unpaired) electrons. The van der Waals surface area contributed by atoms with Crippen LogP contribution in [0.2, 0.25) is 0 Å². The molecule has 0 aliphatic carbocycles. The van der Waals surface area contributed by atoms with Gasteiger partial charge in [0.15, 0.2) is 0 Å². The molecule has 0 aliphatic rings. The number of rotatable bonds is 2. The summed E-state index contributed by atoms with van der Waals surface area (Å²) in [7, 11) is 0. The van der Waals surface area contributed by atoms with E-state index in [0.717, 1.165) is 6.07 Å². The van der Waals surface area contributed by atoms with Crippen LogP contribution in [0.5, 0.6) is 0 Å². The third kappa shape index (κ3) is 2.27. The predicted molar refractivity (Wildman–Crippen MR) is 47.5 cm³/mol. The fourth-order valence-corrected chi connectivity index (χ4v) is 1.08. The first-order valence-electron chi connectivity index (χ1n) is 4.06. The Hall–Kier alpha value is -1.93. The zero-order chi connectivity index (χ0) is 13.4. The lowest BCUT2D eigenvalue weighted by Crippen LogP contribution is -2.34. The zero-order valence-corrected chi connectivity index (χ0v) is 7.96. The van der Waals surface area contributed by atoms with Gasteiger partial charge in [0.2, 0.25) is 0 Å². The number of nitrogens with two attached hydrogens (primary N) is 1. The molecule has 0 spiro atoms. The minimum absolute atomic E-state index is 0.114. The second kappa shape index (κ2) is 3.82. The Bertz CT molecular complexity index is 458. The number of nitrogens with zero attached hydrogens (tertiary/aromatic N) is 1. The van der Waals surface area contributed by atoms with Gasteiger partial charge in [-0.15, -0.1) is 0 Å². The minimum atomic E-state index is -5.86. The molecule has 9 heteroatoms. The fourth-order valence-electron chi connectivity index (χ4n) is 1.08. The molecule has 0 unspecified atom stereocenters. The Balaban J connectivity index is 3.40. The predicted octanol–water partition coefficient (Wildman–Crippen LogP) is 2.83. The topological polar surface area (TPSA) is 69.2 Å². The monoisotopic (exact) mass is 256 g/mol. The first-order valence-corrected chi connectivity index (χ1v) is 4.06. The van der Waals surface area contributed by atoms with E-state index in [1.807, 2.05) is 0 Å². The number of halogens is 5. The fraction of sp³-hybridized carbons (Fsp3) is 0.250. The Morgan fingerprint density at radius 3 is 2.12 bits per heavy atom. The largest absolute Gasteiger partial charge is 0.458 e. The number of benzene rings is 1. The summed E-state index contributed by atoms with van der Waals surface area (Å²) in [4.78, 5) is 9.19. The van der Waals surface area contributed by atoms with E-state index >= 15 is 0 Å². The number of nitrogen functional groups attached to an aromatic ring is 1. The first-order chi connectivity index (χ1) is 7.57. The molecule has 0 bridgehead atoms. The highest BCUT2D eigenvalue weighted by Gasteiger charge is 2.59. The Kier molecular flexibility index (Phi) is 2.96. The lowest BCUT2D eigenvalue weighted by molar-refractivity contribution is -0.385. The summed E-state index contributed by atoms with van der Waals surface area (Å²) in [6, 6.07) is 1.49. The van der Waals surface area contributed by atoms with Gasteiger partial charge in [-0.05, 0) is 6.07 Å². The number of nitro benzene ring substituents is 1. The second-order valence-electron chi connectivity index (χ2n) is 3.10. The van der Waals surface area contributed by atoms with E-state index in [2.05, 4.69) is 0 Å². The van der Waals surface area contributed by atoms with Crippen molar-refractivity contribution in [3.8, 4) is 0 Å². The average Bonchev–Trinajstić information content (AvgIpc) is 2.15. The van der Waals surface area contributed by atoms with Crippen LogP contribution in [-0.4, -0.2) is 11.1 Å². The highest BCUT2D eigenvalue weighted by atomic mass is 19.4. The average molecular weight is 256 g/mol. The van der Waals surface area contributed by atoms with E-state index in [9.17, 15) is 32.1 Å². The van der Waals surface area contributed by atoms with E-state index in [-0.39, 0.29) is 6.07 Å². The summed E-state index contributed by atoms with van der Waals surface area (Å²) < 4.78 is 62.0. The molecular formula is C8H5F5N2O2. The van der Waals surface area contributed by atoms with Crippen molar-refractivity contribution in [1.82, 2.24) is 0 Å². The van der Waals surface area contributed by atoms with Crippen molar-refractivity contribution in [1.29, 1.82) is 0 Å². The summed E-state index contributed by atoms with van der Waals surface area (Å²) in [5, 5.41) is 10.3. The molecule has 0 atom stereocenters. The molecule has 1 aromatic rings. The third-order valence-electron chi connectivity index (χ3n) is 1.94. The number of anilines is 1. The van der Waals surface area contributed by atoms with Crippen molar-refractivity contribution in [2.75, 3.05) is 5.73 Å². The van der Waals surface area contributed by atoms with Gasteiger partial charge in [0.25, 0.3) is 5.69 Å². The zero-order valence-electron chi connectivity index (χ0n) is 7.96. The van der Waals surface area contributed by atoms with Gasteiger partial charge in [0, 0.05) is 17.8 Å². The van der Waals surface area contributed by atoms with Crippen LogP contribution in [-0.2, 0) is 5.92 Å². The second-order valence-corrected chi connectivity index (χ2v) is 3.10. The van der Waals surface area contributed by atoms with Crippen LogP contribution in [0.25, 0.3) is 0 Å². The van der Waals surface area contributed by atoms with Crippen LogP contribution in [0.3, 0.4) is 0 Å². The van der Waals surface area contributed by atoms with Gasteiger partial charge in [-0.25, -0.2) is 0 Å². The van der Waals surface area contributed by atoms with E-state index in [0.29, 0.717) is 6.07 Å². The molecule has 0 fully saturated rings. The van der Waals surface area contributed by atoms with Crippen LogP contribution in [0, 0.1) is 10.1 Å². The van der Waals surface area contributed by atoms with Crippen molar-refractivity contribution in [2.45, 2.75) is 12.1 Å². The molecule has 0 aliphatic heterocycles. The maximum Gasteiger partial charge on any atom is 0.458 e. The molecule has 0 aromatic heterocycles. The van der Waals surface area contributed by atoms with Crippen LogP contribution in [0.1, 0.15) is 5.56 Å². The van der Waals surface area contributed by atoms with Gasteiger partial charge in [-0.1, -0.05) is 0 Å². The molecule has 0 heterocycles. The lowest BCUT2D eigenvalue weighted by atomic mass is 10.1. The molecule has 0 saturated carbocycles. The summed E-state index contributed by atoms with van der Waals surface area (Å²) >= 11 is 0. The normalized spacial score (nSPS) is 12.5. The van der Waals surface area contributed by atoms with Gasteiger partial charge in [0.1, 0.15) is 0 Å². The highest BCUT2D eigenvalue weighted by molar-refractivity contribution is 5.55. The van der Waals surface area contributed by atoms with Crippen molar-refractivity contribution in [3.63, 3.8) is 0 Å². The van der Waals surface area contributed by atoms with Crippen molar-refractivity contribution < 1.29 is 26.9 Å². The Morgan fingerprint density at radius 1 is 1.18 bits per heavy atom. The van der Waals surface area contributed by atoms with Crippen molar-refractivity contribution in [2.24, 2.45) is 0 Å². The van der Waals surface area contributed by atoms with Gasteiger partial charge in [-0.2, -0.15) is 22.0 Å². The quantitative estimate of drug-likeness (QED) is 0.383. The van der Waals surface area contributed by atoms with Gasteiger partial charge in [0.05, 0.1) is 10.5 Å². The molecule has 94 valence electrons. The van der Waals surface area contributed by atoms with Crippen molar-refractivity contribution >= 4 is 11.4 Å². The maximum absolute atomic E-state index is 12.9. The van der Waals surface area contributed by atoms with E-state index < -0.39 is 34.0 Å². The Labute approximate surface area is 91.0 Å².